The number of carbonyl (C=O) groups is 2. The van der Waals surface area contributed by atoms with Gasteiger partial charge in [-0.15, -0.1) is 0 Å². The number of halogens is 3. The Kier molecular flexibility index (Phi) is 26.7. The topological polar surface area (TPSA) is 242 Å². The van der Waals surface area contributed by atoms with Crippen molar-refractivity contribution in [3.63, 3.8) is 0 Å². The molecule has 8 heterocycles. The van der Waals surface area contributed by atoms with Crippen molar-refractivity contribution in [3.05, 3.63) is 147 Å². The van der Waals surface area contributed by atoms with Crippen molar-refractivity contribution in [2.45, 2.75) is 120 Å². The number of morpholine rings is 3. The van der Waals surface area contributed by atoms with E-state index in [1.807, 2.05) is 124 Å². The second kappa shape index (κ2) is 34.2. The van der Waals surface area contributed by atoms with Crippen LogP contribution in [-0.4, -0.2) is 151 Å². The number of para-hydroxylation sites is 3. The van der Waals surface area contributed by atoms with E-state index in [1.54, 1.807) is 60.4 Å². The third-order valence-electron chi connectivity index (χ3n) is 16.3. The van der Waals surface area contributed by atoms with Crippen molar-refractivity contribution in [1.82, 2.24) is 24.9 Å². The Morgan fingerprint density at radius 1 is 0.520 bits per heavy atom. The van der Waals surface area contributed by atoms with Gasteiger partial charge in [0, 0.05) is 134 Å². The average Bonchev–Trinajstić information content (AvgIpc) is 0.786. The van der Waals surface area contributed by atoms with Crippen LogP contribution < -0.4 is 45.4 Å². The number of primary amides is 1. The molecule has 3 saturated heterocycles. The molecule has 0 unspecified atom stereocenters. The van der Waals surface area contributed by atoms with E-state index in [0.717, 1.165) is 130 Å². The van der Waals surface area contributed by atoms with Crippen LogP contribution in [0.15, 0.2) is 143 Å². The molecule has 0 saturated carbocycles. The summed E-state index contributed by atoms with van der Waals surface area (Å²) in [6.07, 6.45) is 10.4. The Bertz CT molecular complexity index is 4140. The van der Waals surface area contributed by atoms with Crippen molar-refractivity contribution in [2.75, 3.05) is 80.6 Å². The number of rotatable bonds is 10. The van der Waals surface area contributed by atoms with E-state index in [4.69, 9.17) is 54.2 Å². The van der Waals surface area contributed by atoms with Gasteiger partial charge in [0.2, 0.25) is 11.8 Å². The maximum Gasteiger partial charge on any atom is 0.488 e. The first-order valence-electron chi connectivity index (χ1n) is 32.5. The van der Waals surface area contributed by atoms with E-state index in [-0.39, 0.29) is 53.9 Å². The van der Waals surface area contributed by atoms with E-state index < -0.39 is 12.5 Å². The summed E-state index contributed by atoms with van der Waals surface area (Å²) in [4.78, 5) is 52.6. The summed E-state index contributed by atoms with van der Waals surface area (Å²) in [6, 6.07) is 33.2. The number of nitrogens with two attached hydrogens (primary N) is 1. The number of methoxy groups -OCH3 is 3. The number of carbonyl (C=O) groups excluding carboxylic acids is 2. The van der Waals surface area contributed by atoms with Crippen LogP contribution in [0.5, 0.6) is 17.2 Å². The van der Waals surface area contributed by atoms with Crippen LogP contribution in [0, 0.1) is 14.4 Å². The fraction of sp³-hybridized carbons (Fsp3) is 0.392. The molecular formula is C74H90BBr2IN10O10. The second-order valence-corrected chi connectivity index (χ2v) is 29.5. The van der Waals surface area contributed by atoms with Gasteiger partial charge in [0.1, 0.15) is 28.9 Å². The highest BCUT2D eigenvalue weighted by Gasteiger charge is 2.28. The van der Waals surface area contributed by atoms with Crippen molar-refractivity contribution in [2.24, 2.45) is 16.6 Å². The van der Waals surface area contributed by atoms with Crippen LogP contribution in [0.2, 0.25) is 0 Å². The smallest absolute Gasteiger partial charge is 0.488 e. The summed E-state index contributed by atoms with van der Waals surface area (Å²) < 4.78 is 37.2. The predicted octanol–water partition coefficient (Wildman–Crippen LogP) is 13.7. The molecule has 0 spiro atoms. The molecule has 20 nitrogen and oxygen atoms in total. The van der Waals surface area contributed by atoms with Gasteiger partial charge in [-0.25, -0.2) is 9.97 Å². The van der Waals surface area contributed by atoms with Crippen LogP contribution in [0.3, 0.4) is 0 Å². The third kappa shape index (κ3) is 19.8. The zero-order chi connectivity index (χ0) is 71.3. The first-order chi connectivity index (χ1) is 46.5. The second-order valence-electron chi connectivity index (χ2n) is 26.6. The van der Waals surface area contributed by atoms with Crippen LogP contribution >= 0.6 is 54.5 Å². The number of hydrogen-bond acceptors (Lipinski definition) is 18. The van der Waals surface area contributed by atoms with Gasteiger partial charge in [-0.2, -0.15) is 0 Å². The number of anilines is 4. The molecule has 5 N–H and O–H groups in total. The maximum absolute atomic E-state index is 12.5. The van der Waals surface area contributed by atoms with Gasteiger partial charge in [0.25, 0.3) is 0 Å². The van der Waals surface area contributed by atoms with Gasteiger partial charge < -0.3 is 64.2 Å². The number of nitrogens with zero attached hydrogens (tertiary/aromatic N) is 8. The SMILES string of the molecule is CC(C)(C)C(N)=O.COc1c(-c2ccc(N3C[C@@H](C)O[C@@H](C)C3)nc2)cnc2c(Br)cccc12.COc1c(-c2ccc(N3C[C@@H](C)O[C@@H](C)C3)nc2)cnc2c(NC(=O)C(C)(C)C)cccc12.COc1c(I)cnc2c(Br)cccc12.C[C@@H]1CN(c2ccc(B(O)O)cc2)C[C@H](C)O1. The lowest BCUT2D eigenvalue weighted by molar-refractivity contribution is -0.125. The standard InChI is InChI=1S/C26H32N4O3.C21H22BrN3O2.C12H18BNO3.C10H7BrINO.C5H11NO/c1-16-14-30(15-17(2)33-16)22-11-10-18(12-27-22)20-13-28-23-19(24(20)32-6)8-7-9-21(23)29-25(31)26(3,4)5;1-13-11-25(12-14(2)27-13)19-8-7-15(9-23-19)17-10-24-20-16(21(17)26-3)5-4-6-18(20)22;1-9-7-14(8-10(2)17-9)12-5-3-11(4-6-12)13(15)16;1-14-10-6-3-2-4-7(11)9(6)13-5-8(10)12;1-5(2,3)4(6)7/h7-13,16-17H,14-15H2,1-6H3,(H,29,31);4-10,13-14H,11-12H2,1-3H3;3-6,9-10,15-16H,7-8H2,1-2H3;2-5H,1H3;1-3H3,(H2,6,7)/t16-,17+;13-,14+;9-,10+;;. The number of fused-ring (bicyclic) bond motifs is 3. The molecule has 0 bridgehead atoms. The summed E-state index contributed by atoms with van der Waals surface area (Å²) >= 11 is 9.24. The minimum Gasteiger partial charge on any atom is -0.495 e. The molecule has 3 aliphatic heterocycles. The fourth-order valence-corrected chi connectivity index (χ4v) is 13.0. The molecule has 0 aliphatic carbocycles. The summed E-state index contributed by atoms with van der Waals surface area (Å²) in [7, 11) is 3.62. The maximum atomic E-state index is 12.5. The Labute approximate surface area is 606 Å². The van der Waals surface area contributed by atoms with Crippen LogP contribution in [0.25, 0.3) is 55.0 Å². The molecule has 9 aromatic rings. The molecule has 2 amide bonds. The average molecular weight is 1580 g/mol. The van der Waals surface area contributed by atoms with Crippen LogP contribution in [0.1, 0.15) is 83.1 Å². The minimum absolute atomic E-state index is 0.0635. The number of nitrogens with one attached hydrogen (secondary N) is 1. The number of pyridine rings is 5. The minimum atomic E-state index is -1.40. The number of aromatic nitrogens is 5. The molecule has 24 heteroatoms. The monoisotopic (exact) mass is 1570 g/mol. The first kappa shape index (κ1) is 76.5. The lowest BCUT2D eigenvalue weighted by Gasteiger charge is -2.36. The Morgan fingerprint density at radius 2 is 0.898 bits per heavy atom. The van der Waals surface area contributed by atoms with Gasteiger partial charge >= 0.3 is 7.12 Å². The predicted molar refractivity (Wildman–Crippen MR) is 409 cm³/mol. The summed E-state index contributed by atoms with van der Waals surface area (Å²) in [5.74, 6) is 3.98. The summed E-state index contributed by atoms with van der Waals surface area (Å²) in [5.41, 5.74) is 12.6. The Balaban J connectivity index is 0.000000168. The molecule has 5 aromatic heterocycles. The first-order valence-corrected chi connectivity index (χ1v) is 35.2. The lowest BCUT2D eigenvalue weighted by atomic mass is 9.80. The third-order valence-corrected chi connectivity index (χ3v) is 18.3. The lowest BCUT2D eigenvalue weighted by Crippen LogP contribution is -2.45. The van der Waals surface area contributed by atoms with Gasteiger partial charge in [-0.05, 0) is 174 Å². The molecule has 3 fully saturated rings. The largest absolute Gasteiger partial charge is 0.495 e. The van der Waals surface area contributed by atoms with E-state index in [9.17, 15) is 9.59 Å². The Morgan fingerprint density at radius 3 is 1.28 bits per heavy atom. The molecule has 12 rings (SSSR count). The normalized spacial score (nSPS) is 18.5. The van der Waals surface area contributed by atoms with Crippen molar-refractivity contribution in [1.29, 1.82) is 0 Å². The van der Waals surface area contributed by atoms with Gasteiger partial charge in [0.15, 0.2) is 0 Å². The molecule has 520 valence electrons. The number of amides is 2. The molecule has 3 aliphatic rings. The van der Waals surface area contributed by atoms with Crippen molar-refractivity contribution >= 4 is 135 Å². The van der Waals surface area contributed by atoms with Gasteiger partial charge in [-0.3, -0.25) is 24.5 Å². The van der Waals surface area contributed by atoms with E-state index in [0.29, 0.717) is 22.4 Å². The molecule has 4 aromatic carbocycles. The van der Waals surface area contributed by atoms with Crippen molar-refractivity contribution in [3.8, 4) is 39.5 Å². The van der Waals surface area contributed by atoms with Crippen LogP contribution in [0.4, 0.5) is 23.0 Å². The van der Waals surface area contributed by atoms with E-state index >= 15 is 0 Å². The molecule has 98 heavy (non-hydrogen) atoms. The quantitative estimate of drug-likeness (QED) is 0.0735. The molecule has 0 radical (unpaired) electrons. The fourth-order valence-electron chi connectivity index (χ4n) is 11.4. The van der Waals surface area contributed by atoms with Gasteiger partial charge in [0.05, 0.1) is 83.8 Å². The zero-order valence-corrected chi connectivity index (χ0v) is 63.8. The van der Waals surface area contributed by atoms with Crippen molar-refractivity contribution < 1.29 is 48.1 Å². The number of hydrogen-bond donors (Lipinski definition) is 4. The Hall–Kier alpha value is -7.30. The highest BCUT2D eigenvalue weighted by Crippen LogP contribution is 2.40. The molecule has 6 atom stereocenters. The summed E-state index contributed by atoms with van der Waals surface area (Å²) in [6.45, 7) is 28.6. The summed E-state index contributed by atoms with van der Waals surface area (Å²) in [5, 5.41) is 23.9. The number of ether oxygens (including phenoxy) is 6. The molecular weight excluding hydrogens is 1490 g/mol. The highest BCUT2D eigenvalue weighted by atomic mass is 127. The zero-order valence-electron chi connectivity index (χ0n) is 58.4. The highest BCUT2D eigenvalue weighted by molar-refractivity contribution is 14.1. The number of benzene rings is 4. The van der Waals surface area contributed by atoms with Crippen LogP contribution in [-0.2, 0) is 23.8 Å². The van der Waals surface area contributed by atoms with E-state index in [1.165, 1.54) is 0 Å². The van der Waals surface area contributed by atoms with Gasteiger partial charge in [-0.1, -0.05) is 71.9 Å². The van der Waals surface area contributed by atoms with E-state index in [2.05, 4.69) is 143 Å².